The summed E-state index contributed by atoms with van der Waals surface area (Å²) in [5, 5.41) is 4.57. The highest BCUT2D eigenvalue weighted by Gasteiger charge is 2.00. The molecule has 0 aliphatic carbocycles. The molecule has 0 fully saturated rings. The van der Waals surface area contributed by atoms with Crippen molar-refractivity contribution < 1.29 is 4.79 Å². The van der Waals surface area contributed by atoms with Gasteiger partial charge in [-0.15, -0.1) is 11.3 Å². The summed E-state index contributed by atoms with van der Waals surface area (Å²) in [6.07, 6.45) is 0.703. The third-order valence-electron chi connectivity index (χ3n) is 1.50. The van der Waals surface area contributed by atoms with Crippen LogP contribution in [0, 0.1) is 13.8 Å². The Bertz CT molecular complexity index is 242. The van der Waals surface area contributed by atoms with Crippen LogP contribution in [0.25, 0.3) is 0 Å². The van der Waals surface area contributed by atoms with Crippen molar-refractivity contribution in [3.05, 3.63) is 15.8 Å². The Morgan fingerprint density at radius 1 is 1.60 bits per heavy atom. The van der Waals surface area contributed by atoms with E-state index in [-0.39, 0.29) is 0 Å². The van der Waals surface area contributed by atoms with Gasteiger partial charge < -0.3 is 5.32 Å². The van der Waals surface area contributed by atoms with Gasteiger partial charge in [-0.25, -0.2) is 0 Å². The second kappa shape index (κ2) is 2.84. The van der Waals surface area contributed by atoms with Crippen LogP contribution in [0.2, 0.25) is 0 Å². The van der Waals surface area contributed by atoms with Gasteiger partial charge in [-0.2, -0.15) is 0 Å². The highest BCUT2D eigenvalue weighted by Crippen LogP contribution is 2.24. The fraction of sp³-hybridized carbons (Fsp3) is 0.286. The molecule has 2 nitrogen and oxygen atoms in total. The Kier molecular flexibility index (Phi) is 2.06. The molecule has 1 heterocycles. The van der Waals surface area contributed by atoms with Crippen LogP contribution >= 0.6 is 11.3 Å². The van der Waals surface area contributed by atoms with Gasteiger partial charge >= 0.3 is 0 Å². The normalized spacial score (nSPS) is 9.40. The number of amides is 1. The Labute approximate surface area is 63.9 Å². The van der Waals surface area contributed by atoms with E-state index in [4.69, 9.17) is 0 Å². The van der Waals surface area contributed by atoms with Crippen LogP contribution in [0.1, 0.15) is 10.4 Å². The zero-order chi connectivity index (χ0) is 7.56. The number of hydrogen-bond donors (Lipinski definition) is 1. The van der Waals surface area contributed by atoms with Crippen LogP contribution in [0.15, 0.2) is 5.38 Å². The monoisotopic (exact) mass is 155 g/mol. The van der Waals surface area contributed by atoms with Crippen molar-refractivity contribution in [3.8, 4) is 0 Å². The lowest BCUT2D eigenvalue weighted by atomic mass is 10.3. The van der Waals surface area contributed by atoms with Gasteiger partial charge in [0, 0.05) is 10.3 Å². The van der Waals surface area contributed by atoms with Gasteiger partial charge in [0.2, 0.25) is 6.41 Å². The predicted octanol–water partition coefficient (Wildman–Crippen LogP) is 1.93. The van der Waals surface area contributed by atoms with Gasteiger partial charge in [0.1, 0.15) is 0 Å². The van der Waals surface area contributed by atoms with Gasteiger partial charge in [0.25, 0.3) is 0 Å². The van der Waals surface area contributed by atoms with Crippen molar-refractivity contribution in [2.75, 3.05) is 5.32 Å². The molecule has 0 bridgehead atoms. The van der Waals surface area contributed by atoms with E-state index in [1.54, 1.807) is 11.3 Å². The number of rotatable bonds is 2. The molecule has 1 rings (SSSR count). The Morgan fingerprint density at radius 2 is 2.30 bits per heavy atom. The summed E-state index contributed by atoms with van der Waals surface area (Å²) >= 11 is 1.65. The molecule has 0 unspecified atom stereocenters. The van der Waals surface area contributed by atoms with E-state index in [1.807, 2.05) is 19.2 Å². The molecule has 10 heavy (non-hydrogen) atoms. The SMILES string of the molecule is Cc1scc(NC=O)c1C. The molecular formula is C7H9NOS. The first-order valence-corrected chi connectivity index (χ1v) is 3.88. The minimum atomic E-state index is 0.703. The molecule has 0 aliphatic rings. The zero-order valence-electron chi connectivity index (χ0n) is 5.97. The first kappa shape index (κ1) is 7.28. The number of aryl methyl sites for hydroxylation is 1. The van der Waals surface area contributed by atoms with Gasteiger partial charge in [-0.1, -0.05) is 0 Å². The quantitative estimate of drug-likeness (QED) is 0.650. The third-order valence-corrected chi connectivity index (χ3v) is 2.51. The number of thiophene rings is 1. The van der Waals surface area contributed by atoms with Crippen molar-refractivity contribution in [1.82, 2.24) is 0 Å². The van der Waals surface area contributed by atoms with Crippen LogP contribution in [0.5, 0.6) is 0 Å². The largest absolute Gasteiger partial charge is 0.328 e. The smallest absolute Gasteiger partial charge is 0.211 e. The topological polar surface area (TPSA) is 29.1 Å². The summed E-state index contributed by atoms with van der Waals surface area (Å²) in [7, 11) is 0. The maximum absolute atomic E-state index is 10.0. The van der Waals surface area contributed by atoms with E-state index in [1.165, 1.54) is 4.88 Å². The molecule has 1 amide bonds. The molecule has 0 saturated heterocycles. The summed E-state index contributed by atoms with van der Waals surface area (Å²) in [6.45, 7) is 4.04. The number of nitrogens with one attached hydrogen (secondary N) is 1. The van der Waals surface area contributed by atoms with E-state index < -0.39 is 0 Å². The number of carbonyl (C=O) groups excluding carboxylic acids is 1. The second-order valence-corrected chi connectivity index (χ2v) is 3.18. The van der Waals surface area contributed by atoms with Crippen molar-refractivity contribution in [2.24, 2.45) is 0 Å². The number of carbonyl (C=O) groups is 1. The fourth-order valence-electron chi connectivity index (χ4n) is 0.719. The second-order valence-electron chi connectivity index (χ2n) is 2.09. The van der Waals surface area contributed by atoms with Gasteiger partial charge in [-0.05, 0) is 19.4 Å². The Hall–Kier alpha value is -0.830. The minimum absolute atomic E-state index is 0.703. The Morgan fingerprint density at radius 3 is 2.70 bits per heavy atom. The highest BCUT2D eigenvalue weighted by atomic mass is 32.1. The standard InChI is InChI=1S/C7H9NOS/c1-5-6(2)10-3-7(5)8-4-9/h3-4H,1-2H3,(H,8,9). The van der Waals surface area contributed by atoms with Crippen molar-refractivity contribution in [1.29, 1.82) is 0 Å². The van der Waals surface area contributed by atoms with Crippen LogP contribution in [0.4, 0.5) is 5.69 Å². The molecule has 0 atom stereocenters. The minimum Gasteiger partial charge on any atom is -0.328 e. The number of anilines is 1. The summed E-state index contributed by atoms with van der Waals surface area (Å²) in [5.41, 5.74) is 2.09. The summed E-state index contributed by atoms with van der Waals surface area (Å²) in [5.74, 6) is 0. The molecule has 1 aromatic rings. The molecule has 0 aromatic carbocycles. The van der Waals surface area contributed by atoms with Crippen LogP contribution < -0.4 is 5.32 Å². The first-order chi connectivity index (χ1) is 4.75. The zero-order valence-corrected chi connectivity index (χ0v) is 6.79. The average Bonchev–Trinajstić information content (AvgIpc) is 2.20. The van der Waals surface area contributed by atoms with E-state index >= 15 is 0 Å². The fourth-order valence-corrected chi connectivity index (χ4v) is 1.55. The van der Waals surface area contributed by atoms with E-state index in [0.29, 0.717) is 6.41 Å². The molecule has 1 N–H and O–H groups in total. The summed E-state index contributed by atoms with van der Waals surface area (Å²) in [6, 6.07) is 0. The molecule has 3 heteroatoms. The van der Waals surface area contributed by atoms with Crippen LogP contribution in [-0.2, 0) is 4.79 Å². The summed E-state index contributed by atoms with van der Waals surface area (Å²) in [4.78, 5) is 11.3. The summed E-state index contributed by atoms with van der Waals surface area (Å²) < 4.78 is 0. The van der Waals surface area contributed by atoms with E-state index in [0.717, 1.165) is 11.3 Å². The predicted molar refractivity (Wildman–Crippen MR) is 43.5 cm³/mol. The van der Waals surface area contributed by atoms with Gasteiger partial charge in [0.15, 0.2) is 0 Å². The molecule has 0 radical (unpaired) electrons. The average molecular weight is 155 g/mol. The first-order valence-electron chi connectivity index (χ1n) is 3.00. The Balaban J connectivity index is 2.93. The third kappa shape index (κ3) is 1.19. The lowest BCUT2D eigenvalue weighted by molar-refractivity contribution is -0.105. The maximum atomic E-state index is 10.0. The molecule has 0 saturated carbocycles. The van der Waals surface area contributed by atoms with Crippen molar-refractivity contribution in [3.63, 3.8) is 0 Å². The van der Waals surface area contributed by atoms with Crippen molar-refractivity contribution in [2.45, 2.75) is 13.8 Å². The van der Waals surface area contributed by atoms with Gasteiger partial charge in [0.05, 0.1) is 5.69 Å². The molecule has 0 aliphatic heterocycles. The lowest BCUT2D eigenvalue weighted by Gasteiger charge is -1.94. The van der Waals surface area contributed by atoms with Gasteiger partial charge in [-0.3, -0.25) is 4.79 Å². The van der Waals surface area contributed by atoms with E-state index in [9.17, 15) is 4.79 Å². The molecule has 1 aromatic heterocycles. The maximum Gasteiger partial charge on any atom is 0.211 e. The van der Waals surface area contributed by atoms with Crippen LogP contribution in [0.3, 0.4) is 0 Å². The molecule has 54 valence electrons. The highest BCUT2D eigenvalue weighted by molar-refractivity contribution is 7.10. The van der Waals surface area contributed by atoms with E-state index in [2.05, 4.69) is 5.32 Å². The van der Waals surface area contributed by atoms with Crippen LogP contribution in [-0.4, -0.2) is 6.41 Å². The lowest BCUT2D eigenvalue weighted by Crippen LogP contribution is -1.92. The number of hydrogen-bond acceptors (Lipinski definition) is 2. The molecular weight excluding hydrogens is 146 g/mol. The molecule has 0 spiro atoms. The van der Waals surface area contributed by atoms with Crippen molar-refractivity contribution >= 4 is 23.4 Å².